The molecule has 0 spiro atoms. The third-order valence-corrected chi connectivity index (χ3v) is 4.18. The van der Waals surface area contributed by atoms with Crippen LogP contribution >= 0.6 is 12.4 Å². The van der Waals surface area contributed by atoms with Crippen molar-refractivity contribution in [2.24, 2.45) is 0 Å². The molecule has 0 bridgehead atoms. The SMILES string of the molecule is COC(=O)c1ccc([C@H](C)CCNCC(O)c2ccccc2)cc1.Cl. The van der Waals surface area contributed by atoms with Gasteiger partial charge in [-0.2, -0.15) is 0 Å². The number of carbonyl (C=O) groups is 1. The van der Waals surface area contributed by atoms with E-state index in [1.54, 1.807) is 12.1 Å². The summed E-state index contributed by atoms with van der Waals surface area (Å²) in [6.45, 7) is 3.52. The van der Waals surface area contributed by atoms with E-state index in [1.807, 2.05) is 42.5 Å². The highest BCUT2D eigenvalue weighted by Gasteiger charge is 2.10. The number of hydrogen-bond donors (Lipinski definition) is 2. The van der Waals surface area contributed by atoms with Crippen LogP contribution in [0.25, 0.3) is 0 Å². The van der Waals surface area contributed by atoms with Crippen molar-refractivity contribution >= 4 is 18.4 Å². The van der Waals surface area contributed by atoms with Gasteiger partial charge in [0.1, 0.15) is 0 Å². The molecule has 0 aliphatic rings. The molecular weight excluding hydrogens is 338 g/mol. The summed E-state index contributed by atoms with van der Waals surface area (Å²) in [4.78, 5) is 11.4. The van der Waals surface area contributed by atoms with Gasteiger partial charge in [-0.25, -0.2) is 4.79 Å². The zero-order valence-electron chi connectivity index (χ0n) is 14.6. The molecule has 0 amide bonds. The maximum atomic E-state index is 11.4. The molecule has 2 aromatic rings. The molecule has 0 saturated carbocycles. The summed E-state index contributed by atoms with van der Waals surface area (Å²) in [7, 11) is 1.38. The highest BCUT2D eigenvalue weighted by molar-refractivity contribution is 5.89. The topological polar surface area (TPSA) is 58.6 Å². The van der Waals surface area contributed by atoms with Gasteiger partial charge in [0.25, 0.3) is 0 Å². The van der Waals surface area contributed by atoms with Gasteiger partial charge in [0.05, 0.1) is 18.8 Å². The lowest BCUT2D eigenvalue weighted by atomic mass is 9.96. The number of hydrogen-bond acceptors (Lipinski definition) is 4. The molecule has 0 heterocycles. The second-order valence-corrected chi connectivity index (χ2v) is 5.93. The number of ether oxygens (including phenoxy) is 1. The predicted octanol–water partition coefficient (Wildman–Crippen LogP) is 3.71. The molecule has 2 N–H and O–H groups in total. The zero-order valence-corrected chi connectivity index (χ0v) is 15.5. The van der Waals surface area contributed by atoms with Crippen molar-refractivity contribution in [2.75, 3.05) is 20.2 Å². The molecule has 0 saturated heterocycles. The summed E-state index contributed by atoms with van der Waals surface area (Å²) >= 11 is 0. The van der Waals surface area contributed by atoms with Crippen LogP contribution in [0.5, 0.6) is 0 Å². The maximum absolute atomic E-state index is 11.4. The Morgan fingerprint density at radius 2 is 1.72 bits per heavy atom. The third-order valence-electron chi connectivity index (χ3n) is 4.18. The lowest BCUT2D eigenvalue weighted by Crippen LogP contribution is -2.23. The molecule has 25 heavy (non-hydrogen) atoms. The van der Waals surface area contributed by atoms with Crippen molar-refractivity contribution < 1.29 is 14.6 Å². The predicted molar refractivity (Wildman–Crippen MR) is 102 cm³/mol. The molecule has 5 heteroatoms. The lowest BCUT2D eigenvalue weighted by molar-refractivity contribution is 0.0600. The zero-order chi connectivity index (χ0) is 17.4. The fourth-order valence-electron chi connectivity index (χ4n) is 2.58. The Hall–Kier alpha value is -1.88. The lowest BCUT2D eigenvalue weighted by Gasteiger charge is -2.15. The molecule has 0 aromatic heterocycles. The van der Waals surface area contributed by atoms with E-state index in [2.05, 4.69) is 12.2 Å². The minimum absolute atomic E-state index is 0. The number of aliphatic hydroxyl groups excluding tert-OH is 1. The largest absolute Gasteiger partial charge is 0.465 e. The smallest absolute Gasteiger partial charge is 0.337 e. The van der Waals surface area contributed by atoms with Crippen LogP contribution in [0.4, 0.5) is 0 Å². The fraction of sp³-hybridized carbons (Fsp3) is 0.350. The Labute approximate surface area is 155 Å². The Bertz CT molecular complexity index is 631. The van der Waals surface area contributed by atoms with E-state index in [-0.39, 0.29) is 18.4 Å². The first-order chi connectivity index (χ1) is 11.6. The fourth-order valence-corrected chi connectivity index (χ4v) is 2.58. The number of rotatable bonds is 8. The van der Waals surface area contributed by atoms with E-state index in [1.165, 1.54) is 12.7 Å². The van der Waals surface area contributed by atoms with Crippen LogP contribution in [0.15, 0.2) is 54.6 Å². The van der Waals surface area contributed by atoms with Crippen molar-refractivity contribution in [3.63, 3.8) is 0 Å². The summed E-state index contributed by atoms with van der Waals surface area (Å²) in [6.07, 6.45) is 0.472. The number of aliphatic hydroxyl groups is 1. The van der Waals surface area contributed by atoms with E-state index in [4.69, 9.17) is 4.74 Å². The number of esters is 1. The first-order valence-corrected chi connectivity index (χ1v) is 8.24. The van der Waals surface area contributed by atoms with Crippen LogP contribution in [-0.4, -0.2) is 31.3 Å². The van der Waals surface area contributed by atoms with Gasteiger partial charge in [0.15, 0.2) is 0 Å². The Balaban J connectivity index is 0.00000312. The first kappa shape index (κ1) is 21.2. The maximum Gasteiger partial charge on any atom is 0.337 e. The van der Waals surface area contributed by atoms with Gasteiger partial charge in [-0.15, -0.1) is 12.4 Å². The van der Waals surface area contributed by atoms with Gasteiger partial charge in [0.2, 0.25) is 0 Å². The minimum atomic E-state index is -0.485. The van der Waals surface area contributed by atoms with Gasteiger partial charge in [-0.1, -0.05) is 49.4 Å². The molecule has 0 fully saturated rings. The molecule has 2 rings (SSSR count). The standard InChI is InChI=1S/C20H25NO3.ClH/c1-15(16-8-10-18(11-9-16)20(23)24-2)12-13-21-14-19(22)17-6-4-3-5-7-17;/h3-11,15,19,21-22H,12-14H2,1-2H3;1H/t15-,19?;/m1./s1. The number of carbonyl (C=O) groups excluding carboxylic acids is 1. The molecule has 0 aliphatic heterocycles. The van der Waals surface area contributed by atoms with Crippen LogP contribution in [0.3, 0.4) is 0 Å². The summed E-state index contributed by atoms with van der Waals surface area (Å²) in [5, 5.41) is 13.4. The quantitative estimate of drug-likeness (QED) is 0.554. The van der Waals surface area contributed by atoms with E-state index in [0.29, 0.717) is 18.0 Å². The van der Waals surface area contributed by atoms with Crippen molar-refractivity contribution in [1.82, 2.24) is 5.32 Å². The molecule has 1 unspecified atom stereocenters. The van der Waals surface area contributed by atoms with Crippen LogP contribution in [0.2, 0.25) is 0 Å². The molecule has 0 radical (unpaired) electrons. The van der Waals surface area contributed by atoms with Gasteiger partial charge in [0, 0.05) is 6.54 Å². The van der Waals surface area contributed by atoms with Crippen LogP contribution in [0, 0.1) is 0 Å². The van der Waals surface area contributed by atoms with Crippen molar-refractivity contribution in [1.29, 1.82) is 0 Å². The second kappa shape index (κ2) is 10.9. The number of halogens is 1. The van der Waals surface area contributed by atoms with Crippen molar-refractivity contribution in [2.45, 2.75) is 25.4 Å². The normalized spacial score (nSPS) is 12.8. The molecule has 4 nitrogen and oxygen atoms in total. The third kappa shape index (κ3) is 6.50. The minimum Gasteiger partial charge on any atom is -0.465 e. The van der Waals surface area contributed by atoms with Crippen LogP contribution < -0.4 is 5.32 Å². The Morgan fingerprint density at radius 3 is 2.32 bits per heavy atom. The molecular formula is C20H26ClNO3. The summed E-state index contributed by atoms with van der Waals surface area (Å²) in [5.74, 6) is 0.0591. The Morgan fingerprint density at radius 1 is 1.08 bits per heavy atom. The van der Waals surface area contributed by atoms with Crippen molar-refractivity contribution in [3.8, 4) is 0 Å². The van der Waals surface area contributed by atoms with E-state index in [9.17, 15) is 9.90 Å². The van der Waals surface area contributed by atoms with Gasteiger partial charge in [-0.3, -0.25) is 0 Å². The number of methoxy groups -OCH3 is 1. The van der Waals surface area contributed by atoms with Crippen molar-refractivity contribution in [3.05, 3.63) is 71.3 Å². The van der Waals surface area contributed by atoms with E-state index < -0.39 is 6.10 Å². The number of nitrogens with one attached hydrogen (secondary N) is 1. The van der Waals surface area contributed by atoms with Gasteiger partial charge in [-0.05, 0) is 42.1 Å². The highest BCUT2D eigenvalue weighted by atomic mass is 35.5. The summed E-state index contributed by atoms with van der Waals surface area (Å²) < 4.78 is 4.70. The van der Waals surface area contributed by atoms with Crippen LogP contribution in [0.1, 0.15) is 46.9 Å². The monoisotopic (exact) mass is 363 g/mol. The average molecular weight is 364 g/mol. The average Bonchev–Trinajstić information content (AvgIpc) is 2.65. The van der Waals surface area contributed by atoms with Gasteiger partial charge < -0.3 is 15.2 Å². The van der Waals surface area contributed by atoms with E-state index in [0.717, 1.165) is 18.5 Å². The molecule has 136 valence electrons. The number of benzene rings is 2. The summed E-state index contributed by atoms with van der Waals surface area (Å²) in [5.41, 5.74) is 2.68. The molecule has 0 aliphatic carbocycles. The highest BCUT2D eigenvalue weighted by Crippen LogP contribution is 2.19. The summed E-state index contributed by atoms with van der Waals surface area (Å²) in [6, 6.07) is 17.2. The van der Waals surface area contributed by atoms with Gasteiger partial charge >= 0.3 is 5.97 Å². The Kier molecular flexibility index (Phi) is 9.21. The second-order valence-electron chi connectivity index (χ2n) is 5.93. The molecule has 2 aromatic carbocycles. The van der Waals surface area contributed by atoms with Crippen LogP contribution in [-0.2, 0) is 4.74 Å². The van der Waals surface area contributed by atoms with E-state index >= 15 is 0 Å². The first-order valence-electron chi connectivity index (χ1n) is 8.24. The molecule has 2 atom stereocenters.